The summed E-state index contributed by atoms with van der Waals surface area (Å²) in [6, 6.07) is 7.43. The SMILES string of the molecule is C[C@H]1CN(CC(=O)Nc2ccccc2C(=O)NC2CC2)C[C@H](C)O1. The molecule has 1 heterocycles. The van der Waals surface area contributed by atoms with Crippen molar-refractivity contribution >= 4 is 17.5 Å². The van der Waals surface area contributed by atoms with Gasteiger partial charge in [-0.25, -0.2) is 0 Å². The van der Waals surface area contributed by atoms with Gasteiger partial charge >= 0.3 is 0 Å². The van der Waals surface area contributed by atoms with Crippen LogP contribution in [0.1, 0.15) is 37.0 Å². The van der Waals surface area contributed by atoms with Crippen LogP contribution in [0.25, 0.3) is 0 Å². The number of hydrogen-bond donors (Lipinski definition) is 2. The number of carbonyl (C=O) groups excluding carboxylic acids is 2. The molecular formula is C18H25N3O3. The van der Waals surface area contributed by atoms with Gasteiger partial charge in [0.2, 0.25) is 5.91 Å². The molecule has 2 fully saturated rings. The molecule has 2 aliphatic rings. The van der Waals surface area contributed by atoms with Crippen molar-refractivity contribution in [2.75, 3.05) is 25.0 Å². The summed E-state index contributed by atoms with van der Waals surface area (Å²) < 4.78 is 5.68. The zero-order chi connectivity index (χ0) is 17.1. The average Bonchev–Trinajstić information content (AvgIpc) is 3.30. The van der Waals surface area contributed by atoms with Crippen molar-refractivity contribution in [2.45, 2.75) is 44.9 Å². The number of nitrogens with zero attached hydrogens (tertiary/aromatic N) is 1. The molecule has 6 nitrogen and oxygen atoms in total. The Kier molecular flexibility index (Phi) is 5.16. The zero-order valence-corrected chi connectivity index (χ0v) is 14.2. The van der Waals surface area contributed by atoms with E-state index in [0.717, 1.165) is 25.9 Å². The first-order valence-electron chi connectivity index (χ1n) is 8.59. The molecule has 1 aliphatic carbocycles. The molecule has 6 heteroatoms. The van der Waals surface area contributed by atoms with Crippen LogP contribution in [0.2, 0.25) is 0 Å². The van der Waals surface area contributed by atoms with E-state index in [4.69, 9.17) is 4.74 Å². The molecule has 0 unspecified atom stereocenters. The number of morpholine rings is 1. The second-order valence-electron chi connectivity index (χ2n) is 6.79. The van der Waals surface area contributed by atoms with Crippen LogP contribution < -0.4 is 10.6 Å². The van der Waals surface area contributed by atoms with Crippen molar-refractivity contribution in [3.05, 3.63) is 29.8 Å². The van der Waals surface area contributed by atoms with E-state index < -0.39 is 0 Å². The predicted octanol–water partition coefficient (Wildman–Crippen LogP) is 1.63. The maximum absolute atomic E-state index is 12.4. The van der Waals surface area contributed by atoms with Gasteiger partial charge in [0.15, 0.2) is 0 Å². The number of carbonyl (C=O) groups is 2. The molecule has 1 aliphatic heterocycles. The van der Waals surface area contributed by atoms with Gasteiger partial charge in [0.25, 0.3) is 5.91 Å². The normalized spacial score (nSPS) is 24.4. The minimum atomic E-state index is -0.123. The van der Waals surface area contributed by atoms with Crippen LogP contribution in [-0.4, -0.2) is 54.6 Å². The van der Waals surface area contributed by atoms with Crippen molar-refractivity contribution in [2.24, 2.45) is 0 Å². The minimum absolute atomic E-state index is 0.108. The third-order valence-electron chi connectivity index (χ3n) is 4.22. The van der Waals surface area contributed by atoms with Gasteiger partial charge < -0.3 is 15.4 Å². The van der Waals surface area contributed by atoms with E-state index in [0.29, 0.717) is 17.8 Å². The molecule has 130 valence electrons. The Morgan fingerprint density at radius 3 is 2.50 bits per heavy atom. The molecule has 0 radical (unpaired) electrons. The summed E-state index contributed by atoms with van der Waals surface area (Å²) in [6.07, 6.45) is 2.32. The fourth-order valence-electron chi connectivity index (χ4n) is 3.09. The third kappa shape index (κ3) is 4.55. The van der Waals surface area contributed by atoms with Crippen LogP contribution in [-0.2, 0) is 9.53 Å². The van der Waals surface area contributed by atoms with E-state index in [2.05, 4.69) is 15.5 Å². The molecule has 1 aromatic rings. The lowest BCUT2D eigenvalue weighted by molar-refractivity contribution is -0.121. The smallest absolute Gasteiger partial charge is 0.253 e. The lowest BCUT2D eigenvalue weighted by atomic mass is 10.1. The van der Waals surface area contributed by atoms with Crippen LogP contribution in [0, 0.1) is 0 Å². The van der Waals surface area contributed by atoms with Crippen molar-refractivity contribution in [3.8, 4) is 0 Å². The molecule has 2 amide bonds. The molecule has 0 spiro atoms. The number of anilines is 1. The van der Waals surface area contributed by atoms with E-state index in [1.807, 2.05) is 26.0 Å². The summed E-state index contributed by atoms with van der Waals surface area (Å²) in [7, 11) is 0. The van der Waals surface area contributed by atoms with Gasteiger partial charge in [-0.15, -0.1) is 0 Å². The van der Waals surface area contributed by atoms with Gasteiger partial charge in [0, 0.05) is 19.1 Å². The highest BCUT2D eigenvalue weighted by Crippen LogP contribution is 2.21. The topological polar surface area (TPSA) is 70.7 Å². The van der Waals surface area contributed by atoms with Gasteiger partial charge in [-0.05, 0) is 38.8 Å². The Bertz CT molecular complexity index is 605. The molecule has 1 saturated heterocycles. The number of rotatable bonds is 5. The Morgan fingerprint density at radius 2 is 1.83 bits per heavy atom. The Labute approximate surface area is 142 Å². The largest absolute Gasteiger partial charge is 0.373 e. The molecule has 0 bridgehead atoms. The fraction of sp³-hybridized carbons (Fsp3) is 0.556. The molecule has 1 aromatic carbocycles. The Balaban J connectivity index is 1.60. The second kappa shape index (κ2) is 7.32. The van der Waals surface area contributed by atoms with Crippen molar-refractivity contribution in [3.63, 3.8) is 0 Å². The molecule has 0 aromatic heterocycles. The highest BCUT2D eigenvalue weighted by Gasteiger charge is 2.26. The number of amides is 2. The molecule has 24 heavy (non-hydrogen) atoms. The van der Waals surface area contributed by atoms with Crippen LogP contribution in [0.3, 0.4) is 0 Å². The first kappa shape index (κ1) is 16.9. The molecule has 2 atom stereocenters. The lowest BCUT2D eigenvalue weighted by Crippen LogP contribution is -2.48. The van der Waals surface area contributed by atoms with E-state index in [9.17, 15) is 9.59 Å². The summed E-state index contributed by atoms with van der Waals surface area (Å²) >= 11 is 0. The van der Waals surface area contributed by atoms with Gasteiger partial charge in [0.1, 0.15) is 0 Å². The van der Waals surface area contributed by atoms with E-state index in [-0.39, 0.29) is 30.1 Å². The van der Waals surface area contributed by atoms with Gasteiger partial charge in [-0.2, -0.15) is 0 Å². The Hall–Kier alpha value is -1.92. The van der Waals surface area contributed by atoms with Crippen LogP contribution in [0.5, 0.6) is 0 Å². The first-order valence-corrected chi connectivity index (χ1v) is 8.59. The molecule has 1 saturated carbocycles. The quantitative estimate of drug-likeness (QED) is 0.860. The summed E-state index contributed by atoms with van der Waals surface area (Å²) in [6.45, 7) is 5.80. The number of nitrogens with one attached hydrogen (secondary N) is 2. The summed E-state index contributed by atoms with van der Waals surface area (Å²) in [4.78, 5) is 26.7. The third-order valence-corrected chi connectivity index (χ3v) is 4.22. The van der Waals surface area contributed by atoms with E-state index >= 15 is 0 Å². The van der Waals surface area contributed by atoms with Gasteiger partial charge in [-0.1, -0.05) is 12.1 Å². The van der Waals surface area contributed by atoms with Crippen molar-refractivity contribution in [1.29, 1.82) is 0 Å². The van der Waals surface area contributed by atoms with Crippen LogP contribution in [0.15, 0.2) is 24.3 Å². The molecular weight excluding hydrogens is 306 g/mol. The fourth-order valence-corrected chi connectivity index (χ4v) is 3.09. The standard InChI is InChI=1S/C18H25N3O3/c1-12-9-21(10-13(2)24-12)11-17(22)20-16-6-4-3-5-15(16)18(23)19-14-7-8-14/h3-6,12-14H,7-11H2,1-2H3,(H,19,23)(H,20,22)/t12-,13-/m0/s1. The van der Waals surface area contributed by atoms with Crippen LogP contribution in [0.4, 0.5) is 5.69 Å². The van der Waals surface area contributed by atoms with Crippen molar-refractivity contribution < 1.29 is 14.3 Å². The predicted molar refractivity (Wildman–Crippen MR) is 92.0 cm³/mol. The molecule has 3 rings (SSSR count). The number of hydrogen-bond acceptors (Lipinski definition) is 4. The lowest BCUT2D eigenvalue weighted by Gasteiger charge is -2.34. The van der Waals surface area contributed by atoms with E-state index in [1.54, 1.807) is 12.1 Å². The summed E-state index contributed by atoms with van der Waals surface area (Å²) in [5, 5.41) is 5.84. The first-order chi connectivity index (χ1) is 11.5. The summed E-state index contributed by atoms with van der Waals surface area (Å²) in [5.41, 5.74) is 1.08. The average molecular weight is 331 g/mol. The Morgan fingerprint density at radius 1 is 1.17 bits per heavy atom. The summed E-state index contributed by atoms with van der Waals surface area (Å²) in [5.74, 6) is -0.231. The number of ether oxygens (including phenoxy) is 1. The monoisotopic (exact) mass is 331 g/mol. The highest BCUT2D eigenvalue weighted by molar-refractivity contribution is 6.04. The molecule has 2 N–H and O–H groups in total. The number of benzene rings is 1. The maximum atomic E-state index is 12.4. The van der Waals surface area contributed by atoms with Crippen LogP contribution >= 0.6 is 0 Å². The highest BCUT2D eigenvalue weighted by atomic mass is 16.5. The maximum Gasteiger partial charge on any atom is 0.253 e. The second-order valence-corrected chi connectivity index (χ2v) is 6.79. The van der Waals surface area contributed by atoms with E-state index in [1.165, 1.54) is 0 Å². The van der Waals surface area contributed by atoms with Gasteiger partial charge in [0.05, 0.1) is 30.0 Å². The minimum Gasteiger partial charge on any atom is -0.373 e. The zero-order valence-electron chi connectivity index (χ0n) is 14.2. The number of para-hydroxylation sites is 1. The van der Waals surface area contributed by atoms with Crippen molar-refractivity contribution in [1.82, 2.24) is 10.2 Å². The van der Waals surface area contributed by atoms with Gasteiger partial charge in [-0.3, -0.25) is 14.5 Å².